The fourth-order valence-electron chi connectivity index (χ4n) is 2.14. The molecule has 0 aliphatic rings. The Morgan fingerprint density at radius 3 is 2.85 bits per heavy atom. The van der Waals surface area contributed by atoms with E-state index in [0.29, 0.717) is 30.6 Å². The molecule has 0 bridgehead atoms. The summed E-state index contributed by atoms with van der Waals surface area (Å²) in [5.74, 6) is 2.40. The summed E-state index contributed by atoms with van der Waals surface area (Å²) >= 11 is 5.97. The highest BCUT2D eigenvalue weighted by Gasteiger charge is 2.12. The van der Waals surface area contributed by atoms with E-state index in [0.717, 1.165) is 22.6 Å². The van der Waals surface area contributed by atoms with Gasteiger partial charge >= 0.3 is 0 Å². The summed E-state index contributed by atoms with van der Waals surface area (Å²) in [6, 6.07) is 2.01. The lowest BCUT2D eigenvalue weighted by Crippen LogP contribution is -2.06. The van der Waals surface area contributed by atoms with E-state index in [9.17, 15) is 0 Å². The Morgan fingerprint density at radius 2 is 2.15 bits per heavy atom. The van der Waals surface area contributed by atoms with Crippen molar-refractivity contribution < 1.29 is 4.52 Å². The number of nitrogens with zero attached hydrogens (tertiary/aromatic N) is 5. The Bertz CT molecular complexity index is 748. The molecule has 0 saturated carbocycles. The third-order valence-electron chi connectivity index (χ3n) is 3.04. The first-order valence-electron chi connectivity index (χ1n) is 6.34. The average molecular weight is 292 g/mol. The maximum absolute atomic E-state index is 5.97. The largest absolute Gasteiger partial charge is 0.339 e. The number of alkyl halides is 1. The van der Waals surface area contributed by atoms with Crippen molar-refractivity contribution in [3.8, 4) is 0 Å². The fraction of sp³-hybridized carbons (Fsp3) is 0.385. The predicted molar refractivity (Wildman–Crippen MR) is 74.6 cm³/mol. The molecule has 0 amide bonds. The summed E-state index contributed by atoms with van der Waals surface area (Å²) in [7, 11) is 0. The van der Waals surface area contributed by atoms with Crippen LogP contribution >= 0.6 is 11.6 Å². The summed E-state index contributed by atoms with van der Waals surface area (Å²) in [4.78, 5) is 13.1. The summed E-state index contributed by atoms with van der Waals surface area (Å²) in [5, 5.41) is 3.78. The van der Waals surface area contributed by atoms with Gasteiger partial charge in [0.15, 0.2) is 11.5 Å². The van der Waals surface area contributed by atoms with Gasteiger partial charge in [-0.3, -0.25) is 0 Å². The zero-order valence-corrected chi connectivity index (χ0v) is 12.1. The average Bonchev–Trinajstić information content (AvgIpc) is 2.99. The van der Waals surface area contributed by atoms with Gasteiger partial charge in [0, 0.05) is 19.2 Å². The standard InChI is InChI=1S/C13H14ClN5O/c1-8-5-10-13(15-7-8)19(11(6-14)17-10)4-3-12-16-9(2)18-20-12/h5,7H,3-4,6H2,1-2H3. The van der Waals surface area contributed by atoms with E-state index >= 15 is 0 Å². The molecule has 0 unspecified atom stereocenters. The number of fused-ring (bicyclic) bond motifs is 1. The number of aromatic nitrogens is 5. The van der Waals surface area contributed by atoms with Crippen molar-refractivity contribution in [3.05, 3.63) is 35.4 Å². The minimum Gasteiger partial charge on any atom is -0.339 e. The second-order valence-corrected chi connectivity index (χ2v) is 4.92. The van der Waals surface area contributed by atoms with Crippen LogP contribution in [-0.4, -0.2) is 24.7 Å². The van der Waals surface area contributed by atoms with Gasteiger partial charge in [0.1, 0.15) is 11.3 Å². The predicted octanol–water partition coefficient (Wildman–Crippen LogP) is 2.41. The van der Waals surface area contributed by atoms with Gasteiger partial charge in [-0.05, 0) is 25.5 Å². The first-order chi connectivity index (χ1) is 9.67. The maximum atomic E-state index is 5.97. The molecule has 7 heteroatoms. The minimum atomic E-state index is 0.346. The normalized spacial score (nSPS) is 11.3. The van der Waals surface area contributed by atoms with Crippen LogP contribution in [0.4, 0.5) is 0 Å². The lowest BCUT2D eigenvalue weighted by molar-refractivity contribution is 0.368. The van der Waals surface area contributed by atoms with Crippen LogP contribution in [0.1, 0.15) is 23.1 Å². The van der Waals surface area contributed by atoms with Gasteiger partial charge in [0.25, 0.3) is 0 Å². The molecule has 0 radical (unpaired) electrons. The number of imidazole rings is 1. The van der Waals surface area contributed by atoms with E-state index in [2.05, 4.69) is 20.1 Å². The fourth-order valence-corrected chi connectivity index (χ4v) is 2.35. The molecule has 104 valence electrons. The third-order valence-corrected chi connectivity index (χ3v) is 3.28. The SMILES string of the molecule is Cc1cnc2c(c1)nc(CCl)n2CCc1nc(C)no1. The van der Waals surface area contributed by atoms with E-state index in [1.54, 1.807) is 6.92 Å². The Labute approximate surface area is 120 Å². The van der Waals surface area contributed by atoms with Crippen LogP contribution in [0, 0.1) is 13.8 Å². The van der Waals surface area contributed by atoms with E-state index < -0.39 is 0 Å². The molecule has 0 atom stereocenters. The van der Waals surface area contributed by atoms with Crippen molar-refractivity contribution in [2.24, 2.45) is 0 Å². The molecule has 3 aromatic rings. The first-order valence-corrected chi connectivity index (χ1v) is 6.87. The lowest BCUT2D eigenvalue weighted by Gasteiger charge is -2.04. The molecule has 6 nitrogen and oxygen atoms in total. The van der Waals surface area contributed by atoms with Crippen LogP contribution in [0.15, 0.2) is 16.8 Å². The summed E-state index contributed by atoms with van der Waals surface area (Å²) < 4.78 is 7.12. The molecule has 3 aromatic heterocycles. The number of hydrogen-bond acceptors (Lipinski definition) is 5. The minimum absolute atomic E-state index is 0.346. The van der Waals surface area contributed by atoms with Gasteiger partial charge in [-0.15, -0.1) is 11.6 Å². The van der Waals surface area contributed by atoms with Gasteiger partial charge in [-0.25, -0.2) is 9.97 Å². The Hall–Kier alpha value is -1.95. The van der Waals surface area contributed by atoms with E-state index in [-0.39, 0.29) is 0 Å². The lowest BCUT2D eigenvalue weighted by atomic mass is 10.3. The van der Waals surface area contributed by atoms with Gasteiger partial charge < -0.3 is 9.09 Å². The van der Waals surface area contributed by atoms with Crippen molar-refractivity contribution in [2.45, 2.75) is 32.7 Å². The number of hydrogen-bond donors (Lipinski definition) is 0. The van der Waals surface area contributed by atoms with Gasteiger partial charge in [-0.1, -0.05) is 5.16 Å². The molecular formula is C13H14ClN5O. The molecule has 3 heterocycles. The van der Waals surface area contributed by atoms with E-state index in [1.807, 2.05) is 23.8 Å². The van der Waals surface area contributed by atoms with E-state index in [4.69, 9.17) is 16.1 Å². The second-order valence-electron chi connectivity index (χ2n) is 4.65. The number of rotatable bonds is 4. The summed E-state index contributed by atoms with van der Waals surface area (Å²) in [6.45, 7) is 4.46. The van der Waals surface area contributed by atoms with Crippen LogP contribution in [-0.2, 0) is 18.8 Å². The number of pyridine rings is 1. The topological polar surface area (TPSA) is 69.6 Å². The molecular weight excluding hydrogens is 278 g/mol. The smallest absolute Gasteiger partial charge is 0.228 e. The van der Waals surface area contributed by atoms with Gasteiger partial charge in [0.2, 0.25) is 5.89 Å². The highest BCUT2D eigenvalue weighted by atomic mass is 35.5. The summed E-state index contributed by atoms with van der Waals surface area (Å²) in [6.07, 6.45) is 2.46. The number of aryl methyl sites for hydroxylation is 4. The van der Waals surface area contributed by atoms with Gasteiger partial charge in [0.05, 0.1) is 5.88 Å². The second kappa shape index (κ2) is 5.20. The zero-order chi connectivity index (χ0) is 14.1. The molecule has 0 aromatic carbocycles. The Kier molecular flexibility index (Phi) is 3.40. The van der Waals surface area contributed by atoms with Crippen LogP contribution < -0.4 is 0 Å². The maximum Gasteiger partial charge on any atom is 0.228 e. The van der Waals surface area contributed by atoms with Crippen molar-refractivity contribution >= 4 is 22.8 Å². The molecule has 0 N–H and O–H groups in total. The van der Waals surface area contributed by atoms with Crippen LogP contribution in [0.25, 0.3) is 11.2 Å². The highest BCUT2D eigenvalue weighted by Crippen LogP contribution is 2.17. The molecule has 0 aliphatic heterocycles. The summed E-state index contributed by atoms with van der Waals surface area (Å²) in [5.41, 5.74) is 2.78. The Morgan fingerprint density at radius 1 is 1.30 bits per heavy atom. The monoisotopic (exact) mass is 291 g/mol. The molecule has 3 rings (SSSR count). The van der Waals surface area contributed by atoms with Crippen LogP contribution in [0.3, 0.4) is 0 Å². The van der Waals surface area contributed by atoms with Crippen molar-refractivity contribution in [3.63, 3.8) is 0 Å². The highest BCUT2D eigenvalue weighted by molar-refractivity contribution is 6.16. The molecule has 0 saturated heterocycles. The molecule has 0 fully saturated rings. The molecule has 0 aliphatic carbocycles. The van der Waals surface area contributed by atoms with E-state index in [1.165, 1.54) is 0 Å². The number of halogens is 1. The van der Waals surface area contributed by atoms with Crippen molar-refractivity contribution in [1.29, 1.82) is 0 Å². The molecule has 0 spiro atoms. The third kappa shape index (κ3) is 2.38. The van der Waals surface area contributed by atoms with Gasteiger partial charge in [-0.2, -0.15) is 4.98 Å². The Balaban J connectivity index is 1.93. The van der Waals surface area contributed by atoms with Crippen LogP contribution in [0.5, 0.6) is 0 Å². The van der Waals surface area contributed by atoms with Crippen molar-refractivity contribution in [2.75, 3.05) is 0 Å². The first kappa shape index (κ1) is 13.1. The van der Waals surface area contributed by atoms with Crippen LogP contribution in [0.2, 0.25) is 0 Å². The van der Waals surface area contributed by atoms with Crippen molar-refractivity contribution in [1.82, 2.24) is 24.7 Å². The zero-order valence-electron chi connectivity index (χ0n) is 11.3. The quantitative estimate of drug-likeness (QED) is 0.690. The molecule has 20 heavy (non-hydrogen) atoms.